The van der Waals surface area contributed by atoms with Crippen molar-refractivity contribution in [3.8, 4) is 11.6 Å². The number of hydrogen-bond acceptors (Lipinski definition) is 7. The van der Waals surface area contributed by atoms with E-state index in [2.05, 4.69) is 9.97 Å². The van der Waals surface area contributed by atoms with Gasteiger partial charge < -0.3 is 14.5 Å². The summed E-state index contributed by atoms with van der Waals surface area (Å²) >= 11 is 0. The van der Waals surface area contributed by atoms with Crippen molar-refractivity contribution in [2.24, 2.45) is 0 Å². The molecule has 170 valence electrons. The molecule has 1 aliphatic heterocycles. The molecule has 1 unspecified atom stereocenters. The molecule has 1 atom stereocenters. The fourth-order valence-corrected chi connectivity index (χ4v) is 3.58. The minimum absolute atomic E-state index is 0.0745. The molecule has 1 saturated heterocycles. The van der Waals surface area contributed by atoms with Gasteiger partial charge in [0.15, 0.2) is 11.6 Å². The molecule has 0 aliphatic carbocycles. The smallest absolute Gasteiger partial charge is 0.269 e. The number of aromatic nitrogens is 2. The van der Waals surface area contributed by atoms with Crippen molar-refractivity contribution < 1.29 is 23.2 Å². The van der Waals surface area contributed by atoms with Crippen LogP contribution in [0.5, 0.6) is 11.6 Å². The fraction of sp³-hybridized carbons (Fsp3) is 0.227. The molecule has 2 heterocycles. The second-order valence-corrected chi connectivity index (χ2v) is 7.49. The van der Waals surface area contributed by atoms with Gasteiger partial charge in [-0.2, -0.15) is 0 Å². The normalized spacial score (nSPS) is 15.9. The second-order valence-electron chi connectivity index (χ2n) is 7.49. The van der Waals surface area contributed by atoms with Crippen molar-refractivity contribution in [1.82, 2.24) is 14.9 Å². The van der Waals surface area contributed by atoms with E-state index in [0.717, 1.165) is 12.1 Å². The lowest BCUT2D eigenvalue weighted by Gasteiger charge is -2.40. The Hall–Kier alpha value is -4.15. The highest BCUT2D eigenvalue weighted by atomic mass is 19.2. The number of ether oxygens (including phenoxy) is 1. The Bertz CT molecular complexity index is 1190. The molecule has 1 aliphatic rings. The van der Waals surface area contributed by atoms with Crippen molar-refractivity contribution in [3.05, 3.63) is 82.2 Å². The molecule has 4 rings (SSSR count). The first kappa shape index (κ1) is 22.1. The van der Waals surface area contributed by atoms with Crippen molar-refractivity contribution in [3.63, 3.8) is 0 Å². The molecule has 0 spiro atoms. The van der Waals surface area contributed by atoms with Gasteiger partial charge in [-0.05, 0) is 31.2 Å². The van der Waals surface area contributed by atoms with E-state index in [1.54, 1.807) is 11.0 Å². The van der Waals surface area contributed by atoms with Crippen molar-refractivity contribution >= 4 is 17.4 Å². The number of non-ortho nitro benzene ring substituents is 1. The van der Waals surface area contributed by atoms with E-state index in [1.165, 1.54) is 36.7 Å². The molecule has 1 fully saturated rings. The van der Waals surface area contributed by atoms with Gasteiger partial charge in [0.1, 0.15) is 17.9 Å². The Labute approximate surface area is 187 Å². The Morgan fingerprint density at radius 2 is 1.85 bits per heavy atom. The van der Waals surface area contributed by atoms with E-state index in [0.29, 0.717) is 31.0 Å². The second kappa shape index (κ2) is 9.15. The minimum atomic E-state index is -1.02. The average molecular weight is 455 g/mol. The summed E-state index contributed by atoms with van der Waals surface area (Å²) in [4.78, 5) is 35.1. The molecule has 3 aromatic rings. The van der Waals surface area contributed by atoms with Gasteiger partial charge in [0.2, 0.25) is 5.88 Å². The summed E-state index contributed by atoms with van der Waals surface area (Å²) in [5.74, 6) is -1.36. The Morgan fingerprint density at radius 1 is 1.09 bits per heavy atom. The van der Waals surface area contributed by atoms with Crippen LogP contribution in [0.4, 0.5) is 20.3 Å². The van der Waals surface area contributed by atoms with Gasteiger partial charge in [-0.25, -0.2) is 18.7 Å². The van der Waals surface area contributed by atoms with Crippen LogP contribution in [0.1, 0.15) is 17.3 Å². The molecule has 33 heavy (non-hydrogen) atoms. The number of hydrogen-bond donors (Lipinski definition) is 0. The molecular formula is C22H19F2N5O4. The Morgan fingerprint density at radius 3 is 2.52 bits per heavy atom. The first-order valence-corrected chi connectivity index (χ1v) is 10.1. The van der Waals surface area contributed by atoms with Gasteiger partial charge in [-0.1, -0.05) is 0 Å². The molecule has 1 amide bonds. The molecule has 9 nitrogen and oxygen atoms in total. The van der Waals surface area contributed by atoms with E-state index in [1.807, 2.05) is 11.8 Å². The van der Waals surface area contributed by atoms with E-state index in [9.17, 15) is 23.7 Å². The molecule has 1 aromatic heterocycles. The molecule has 0 saturated carbocycles. The zero-order chi connectivity index (χ0) is 23.5. The lowest BCUT2D eigenvalue weighted by molar-refractivity contribution is -0.384. The van der Waals surface area contributed by atoms with Crippen LogP contribution >= 0.6 is 0 Å². The summed E-state index contributed by atoms with van der Waals surface area (Å²) in [5, 5.41) is 10.8. The summed E-state index contributed by atoms with van der Waals surface area (Å²) < 4.78 is 32.0. The Kier molecular flexibility index (Phi) is 6.11. The number of nitro benzene ring substituents is 1. The zero-order valence-electron chi connectivity index (χ0n) is 17.5. The van der Waals surface area contributed by atoms with Crippen molar-refractivity contribution in [2.45, 2.75) is 13.0 Å². The third kappa shape index (κ3) is 4.86. The summed E-state index contributed by atoms with van der Waals surface area (Å²) in [6.07, 6.45) is 1.31. The van der Waals surface area contributed by atoms with Gasteiger partial charge >= 0.3 is 0 Å². The van der Waals surface area contributed by atoms with Crippen LogP contribution in [-0.4, -0.2) is 51.4 Å². The first-order chi connectivity index (χ1) is 15.8. The van der Waals surface area contributed by atoms with Gasteiger partial charge in [0.25, 0.3) is 11.6 Å². The van der Waals surface area contributed by atoms with Gasteiger partial charge in [0, 0.05) is 55.5 Å². The number of nitrogens with zero attached hydrogens (tertiary/aromatic N) is 5. The predicted molar refractivity (Wildman–Crippen MR) is 114 cm³/mol. The van der Waals surface area contributed by atoms with Gasteiger partial charge in [-0.15, -0.1) is 0 Å². The zero-order valence-corrected chi connectivity index (χ0v) is 17.5. The van der Waals surface area contributed by atoms with E-state index < -0.39 is 16.6 Å². The quantitative estimate of drug-likeness (QED) is 0.426. The third-order valence-corrected chi connectivity index (χ3v) is 5.28. The number of anilines is 1. The first-order valence-electron chi connectivity index (χ1n) is 10.1. The SMILES string of the molecule is CC1CN(c2cc(Oc3ccc(F)c(F)c3)ncn2)CCN1C(=O)c1ccc([N+](=O)[O-])cc1. The fourth-order valence-electron chi connectivity index (χ4n) is 3.58. The van der Waals surface area contributed by atoms with Gasteiger partial charge in [-0.3, -0.25) is 14.9 Å². The highest BCUT2D eigenvalue weighted by Gasteiger charge is 2.29. The summed E-state index contributed by atoms with van der Waals surface area (Å²) in [6.45, 7) is 3.29. The maximum absolute atomic E-state index is 13.4. The number of piperazine rings is 1. The topological polar surface area (TPSA) is 102 Å². The third-order valence-electron chi connectivity index (χ3n) is 5.28. The number of carbonyl (C=O) groups excluding carboxylic acids is 1. The summed E-state index contributed by atoms with van der Waals surface area (Å²) in [5.41, 5.74) is 0.305. The number of amides is 1. The van der Waals surface area contributed by atoms with Crippen LogP contribution in [0.25, 0.3) is 0 Å². The Balaban J connectivity index is 1.43. The molecular weight excluding hydrogens is 436 g/mol. The molecule has 0 bridgehead atoms. The predicted octanol–water partition coefficient (Wildman–Crippen LogP) is 3.81. The van der Waals surface area contributed by atoms with Crippen LogP contribution < -0.4 is 9.64 Å². The van der Waals surface area contributed by atoms with Crippen LogP contribution in [0.3, 0.4) is 0 Å². The maximum Gasteiger partial charge on any atom is 0.269 e. The highest BCUT2D eigenvalue weighted by Crippen LogP contribution is 2.25. The number of nitro groups is 1. The van der Waals surface area contributed by atoms with E-state index >= 15 is 0 Å². The number of carbonyl (C=O) groups is 1. The standard InChI is InChI=1S/C22H19F2N5O4/c1-14-12-27(8-9-28(14)22(30)15-2-4-16(5-3-15)29(31)32)20-11-21(26-13-25-20)33-17-6-7-18(23)19(24)10-17/h2-7,10-11,13-14H,8-9,12H2,1H3. The molecule has 2 aromatic carbocycles. The van der Waals surface area contributed by atoms with Crippen LogP contribution in [0, 0.1) is 21.7 Å². The largest absolute Gasteiger partial charge is 0.439 e. The molecule has 0 radical (unpaired) electrons. The van der Waals surface area contributed by atoms with Crippen LogP contribution in [-0.2, 0) is 0 Å². The van der Waals surface area contributed by atoms with Crippen LogP contribution in [0.15, 0.2) is 54.9 Å². The number of benzene rings is 2. The number of halogens is 2. The lowest BCUT2D eigenvalue weighted by Crippen LogP contribution is -2.54. The van der Waals surface area contributed by atoms with Crippen LogP contribution in [0.2, 0.25) is 0 Å². The summed E-state index contributed by atoms with van der Waals surface area (Å²) in [7, 11) is 0. The minimum Gasteiger partial charge on any atom is -0.439 e. The van der Waals surface area contributed by atoms with E-state index in [4.69, 9.17) is 4.74 Å². The van der Waals surface area contributed by atoms with Crippen molar-refractivity contribution in [1.29, 1.82) is 0 Å². The monoisotopic (exact) mass is 455 g/mol. The average Bonchev–Trinajstić information content (AvgIpc) is 2.81. The van der Waals surface area contributed by atoms with E-state index in [-0.39, 0.29) is 29.3 Å². The van der Waals surface area contributed by atoms with Gasteiger partial charge in [0.05, 0.1) is 4.92 Å². The number of rotatable bonds is 5. The van der Waals surface area contributed by atoms with Crippen molar-refractivity contribution in [2.75, 3.05) is 24.5 Å². The lowest BCUT2D eigenvalue weighted by atomic mass is 10.1. The summed E-state index contributed by atoms with van der Waals surface area (Å²) in [6, 6.07) is 10.1. The molecule has 11 heteroatoms. The maximum atomic E-state index is 13.4. The highest BCUT2D eigenvalue weighted by molar-refractivity contribution is 5.94. The molecule has 0 N–H and O–H groups in total.